The summed E-state index contributed by atoms with van der Waals surface area (Å²) in [5.41, 5.74) is 6.33. The van der Waals surface area contributed by atoms with Crippen molar-refractivity contribution in [2.24, 2.45) is 5.73 Å². The van der Waals surface area contributed by atoms with E-state index in [0.717, 1.165) is 0 Å². The number of aliphatic hydroxyl groups is 1. The van der Waals surface area contributed by atoms with Crippen LogP contribution in [-0.2, 0) is 0 Å². The van der Waals surface area contributed by atoms with Gasteiger partial charge in [-0.05, 0) is 17.7 Å². The van der Waals surface area contributed by atoms with E-state index in [9.17, 15) is 5.11 Å². The lowest BCUT2D eigenvalue weighted by molar-refractivity contribution is 0.186. The third-order valence-electron chi connectivity index (χ3n) is 1.95. The number of methoxy groups -OCH3 is 1. The SMILES string of the molecule is COc1ccc(C(O)CN)cc1C#N. The number of nitrogens with two attached hydrogens (primary N) is 1. The van der Waals surface area contributed by atoms with Crippen LogP contribution >= 0.6 is 0 Å². The van der Waals surface area contributed by atoms with Crippen LogP contribution in [0.1, 0.15) is 17.2 Å². The van der Waals surface area contributed by atoms with E-state index in [1.807, 2.05) is 6.07 Å². The highest BCUT2D eigenvalue weighted by Gasteiger charge is 2.08. The Morgan fingerprint density at radius 1 is 1.64 bits per heavy atom. The zero-order valence-electron chi connectivity index (χ0n) is 7.90. The largest absolute Gasteiger partial charge is 0.495 e. The standard InChI is InChI=1S/C10H12N2O2/c1-14-10-3-2-7(9(13)6-12)4-8(10)5-11/h2-4,9,13H,6,12H2,1H3. The van der Waals surface area contributed by atoms with Crippen LogP contribution in [-0.4, -0.2) is 18.8 Å². The summed E-state index contributed by atoms with van der Waals surface area (Å²) >= 11 is 0. The Kier molecular flexibility index (Phi) is 3.46. The smallest absolute Gasteiger partial charge is 0.136 e. The van der Waals surface area contributed by atoms with Crippen LogP contribution in [0.15, 0.2) is 18.2 Å². The summed E-state index contributed by atoms with van der Waals surface area (Å²) in [6, 6.07) is 6.91. The molecule has 0 heterocycles. The molecule has 1 atom stereocenters. The monoisotopic (exact) mass is 192 g/mol. The van der Waals surface area contributed by atoms with Gasteiger partial charge >= 0.3 is 0 Å². The molecule has 0 aliphatic rings. The van der Waals surface area contributed by atoms with Gasteiger partial charge in [-0.1, -0.05) is 6.07 Å². The van der Waals surface area contributed by atoms with Crippen molar-refractivity contribution in [3.8, 4) is 11.8 Å². The summed E-state index contributed by atoms with van der Waals surface area (Å²) in [6.07, 6.45) is -0.729. The Balaban J connectivity index is 3.09. The minimum atomic E-state index is -0.729. The Labute approximate surface area is 82.5 Å². The third-order valence-corrected chi connectivity index (χ3v) is 1.95. The van der Waals surface area contributed by atoms with E-state index in [1.54, 1.807) is 18.2 Å². The van der Waals surface area contributed by atoms with Crippen molar-refractivity contribution in [2.45, 2.75) is 6.10 Å². The second kappa shape index (κ2) is 4.61. The van der Waals surface area contributed by atoms with Crippen LogP contribution in [0.5, 0.6) is 5.75 Å². The zero-order valence-corrected chi connectivity index (χ0v) is 7.90. The van der Waals surface area contributed by atoms with Crippen LogP contribution in [0.2, 0.25) is 0 Å². The van der Waals surface area contributed by atoms with Crippen molar-refractivity contribution in [1.82, 2.24) is 0 Å². The van der Waals surface area contributed by atoms with Gasteiger partial charge in [0.25, 0.3) is 0 Å². The molecule has 0 aromatic heterocycles. The molecular formula is C10H12N2O2. The number of hydrogen-bond donors (Lipinski definition) is 2. The molecule has 1 unspecified atom stereocenters. The molecule has 0 aliphatic carbocycles. The molecule has 0 radical (unpaired) electrons. The number of benzene rings is 1. The fourth-order valence-corrected chi connectivity index (χ4v) is 1.16. The van der Waals surface area contributed by atoms with Crippen molar-refractivity contribution < 1.29 is 9.84 Å². The summed E-state index contributed by atoms with van der Waals surface area (Å²) in [4.78, 5) is 0. The summed E-state index contributed by atoms with van der Waals surface area (Å²) in [7, 11) is 1.50. The van der Waals surface area contributed by atoms with Crippen LogP contribution in [0.4, 0.5) is 0 Å². The highest BCUT2D eigenvalue weighted by Crippen LogP contribution is 2.22. The minimum absolute atomic E-state index is 0.136. The van der Waals surface area contributed by atoms with E-state index in [2.05, 4.69) is 0 Å². The quantitative estimate of drug-likeness (QED) is 0.733. The molecule has 0 fully saturated rings. The van der Waals surface area contributed by atoms with Crippen LogP contribution in [0.3, 0.4) is 0 Å². The van der Waals surface area contributed by atoms with Gasteiger partial charge in [0, 0.05) is 6.54 Å². The average Bonchev–Trinajstić information content (AvgIpc) is 2.26. The molecule has 14 heavy (non-hydrogen) atoms. The third kappa shape index (κ3) is 2.02. The van der Waals surface area contributed by atoms with Crippen molar-refractivity contribution in [3.05, 3.63) is 29.3 Å². The molecule has 0 saturated carbocycles. The minimum Gasteiger partial charge on any atom is -0.495 e. The molecule has 0 bridgehead atoms. The molecule has 0 spiro atoms. The van der Waals surface area contributed by atoms with Gasteiger partial charge < -0.3 is 15.6 Å². The summed E-state index contributed by atoms with van der Waals surface area (Å²) in [5, 5.41) is 18.2. The van der Waals surface area contributed by atoms with E-state index in [-0.39, 0.29) is 6.54 Å². The number of nitrogens with zero attached hydrogens (tertiary/aromatic N) is 1. The van der Waals surface area contributed by atoms with Crippen LogP contribution in [0.25, 0.3) is 0 Å². The maximum atomic E-state index is 9.44. The lowest BCUT2D eigenvalue weighted by Crippen LogP contribution is -2.11. The van der Waals surface area contributed by atoms with Gasteiger partial charge in [-0.15, -0.1) is 0 Å². The highest BCUT2D eigenvalue weighted by atomic mass is 16.5. The maximum Gasteiger partial charge on any atom is 0.136 e. The lowest BCUT2D eigenvalue weighted by Gasteiger charge is -2.09. The van der Waals surface area contributed by atoms with E-state index >= 15 is 0 Å². The first kappa shape index (κ1) is 10.5. The normalized spacial score (nSPS) is 11.9. The van der Waals surface area contributed by atoms with Gasteiger partial charge in [-0.3, -0.25) is 0 Å². The molecule has 1 aromatic rings. The highest BCUT2D eigenvalue weighted by molar-refractivity contribution is 5.45. The Morgan fingerprint density at radius 2 is 2.36 bits per heavy atom. The molecule has 74 valence electrons. The van der Waals surface area contributed by atoms with Gasteiger partial charge in [0.1, 0.15) is 11.8 Å². The van der Waals surface area contributed by atoms with Crippen LogP contribution < -0.4 is 10.5 Å². The zero-order chi connectivity index (χ0) is 10.6. The van der Waals surface area contributed by atoms with E-state index in [0.29, 0.717) is 16.9 Å². The Bertz CT molecular complexity index is 358. The van der Waals surface area contributed by atoms with Crippen LogP contribution in [0, 0.1) is 11.3 Å². The first-order chi connectivity index (χ1) is 6.72. The molecule has 4 nitrogen and oxygen atoms in total. The van der Waals surface area contributed by atoms with Gasteiger partial charge in [0.05, 0.1) is 18.8 Å². The lowest BCUT2D eigenvalue weighted by atomic mass is 10.1. The molecule has 1 aromatic carbocycles. The summed E-state index contributed by atoms with van der Waals surface area (Å²) < 4.78 is 4.97. The fourth-order valence-electron chi connectivity index (χ4n) is 1.16. The molecule has 0 amide bonds. The molecule has 4 heteroatoms. The maximum absolute atomic E-state index is 9.44. The Hall–Kier alpha value is -1.57. The predicted octanol–water partition coefficient (Wildman–Crippen LogP) is 0.559. The van der Waals surface area contributed by atoms with Gasteiger partial charge in [0.2, 0.25) is 0 Å². The molecule has 3 N–H and O–H groups in total. The fraction of sp³-hybridized carbons (Fsp3) is 0.300. The summed E-state index contributed by atoms with van der Waals surface area (Å²) in [6.45, 7) is 0.136. The summed E-state index contributed by atoms with van der Waals surface area (Å²) in [5.74, 6) is 0.500. The molecule has 1 rings (SSSR count). The first-order valence-electron chi connectivity index (χ1n) is 4.19. The number of aliphatic hydroxyl groups excluding tert-OH is 1. The van der Waals surface area contributed by atoms with E-state index < -0.39 is 6.10 Å². The average molecular weight is 192 g/mol. The van der Waals surface area contributed by atoms with Crippen molar-refractivity contribution >= 4 is 0 Å². The van der Waals surface area contributed by atoms with E-state index in [1.165, 1.54) is 7.11 Å². The van der Waals surface area contributed by atoms with Crippen molar-refractivity contribution in [2.75, 3.05) is 13.7 Å². The number of hydrogen-bond acceptors (Lipinski definition) is 4. The number of nitriles is 1. The molecular weight excluding hydrogens is 180 g/mol. The number of rotatable bonds is 3. The van der Waals surface area contributed by atoms with Crippen molar-refractivity contribution in [3.63, 3.8) is 0 Å². The van der Waals surface area contributed by atoms with Gasteiger partial charge in [-0.25, -0.2) is 0 Å². The number of ether oxygens (including phenoxy) is 1. The van der Waals surface area contributed by atoms with Gasteiger partial charge in [0.15, 0.2) is 0 Å². The molecule has 0 saturated heterocycles. The predicted molar refractivity (Wildman–Crippen MR) is 51.7 cm³/mol. The Morgan fingerprint density at radius 3 is 2.86 bits per heavy atom. The van der Waals surface area contributed by atoms with Gasteiger partial charge in [-0.2, -0.15) is 5.26 Å². The first-order valence-corrected chi connectivity index (χ1v) is 4.19. The van der Waals surface area contributed by atoms with Crippen molar-refractivity contribution in [1.29, 1.82) is 5.26 Å². The topological polar surface area (TPSA) is 79.3 Å². The van der Waals surface area contributed by atoms with E-state index in [4.69, 9.17) is 15.7 Å². The molecule has 0 aliphatic heterocycles. The second-order valence-electron chi connectivity index (χ2n) is 2.82. The second-order valence-corrected chi connectivity index (χ2v) is 2.82.